The van der Waals surface area contributed by atoms with Crippen molar-refractivity contribution in [2.45, 2.75) is 11.3 Å². The number of hydrogen-bond donors (Lipinski definition) is 1. The van der Waals surface area contributed by atoms with Crippen LogP contribution in [0.15, 0.2) is 53.4 Å². The van der Waals surface area contributed by atoms with Crippen LogP contribution in [0.25, 0.3) is 0 Å². The Bertz CT molecular complexity index is 1020. The minimum absolute atomic E-state index is 0.149. The molecule has 0 aromatic heterocycles. The van der Waals surface area contributed by atoms with Gasteiger partial charge in [0.2, 0.25) is 15.9 Å². The van der Waals surface area contributed by atoms with Crippen molar-refractivity contribution in [1.82, 2.24) is 9.21 Å². The van der Waals surface area contributed by atoms with Crippen LogP contribution in [-0.2, 0) is 14.8 Å². The molecule has 0 saturated carbocycles. The van der Waals surface area contributed by atoms with Crippen LogP contribution in [0.4, 0.5) is 11.4 Å². The van der Waals surface area contributed by atoms with Gasteiger partial charge in [0.05, 0.1) is 9.82 Å². The number of nitrogens with zero attached hydrogens (tertiary/aromatic N) is 3. The Morgan fingerprint density at radius 2 is 1.70 bits per heavy atom. The Kier molecular flexibility index (Phi) is 7.03. The van der Waals surface area contributed by atoms with Gasteiger partial charge in [-0.25, -0.2) is 8.42 Å². The molecule has 1 amide bonds. The predicted octanol–water partition coefficient (Wildman–Crippen LogP) is 2.58. The second-order valence-corrected chi connectivity index (χ2v) is 9.15. The molecule has 160 valence electrons. The van der Waals surface area contributed by atoms with Gasteiger partial charge in [-0.3, -0.25) is 14.9 Å². The van der Waals surface area contributed by atoms with Gasteiger partial charge in [0.15, 0.2) is 0 Å². The molecule has 11 heteroatoms. The van der Waals surface area contributed by atoms with E-state index in [4.69, 9.17) is 11.6 Å². The number of amides is 1. The van der Waals surface area contributed by atoms with Crippen molar-refractivity contribution < 1.29 is 18.1 Å². The van der Waals surface area contributed by atoms with Crippen LogP contribution >= 0.6 is 11.6 Å². The Hall–Kier alpha value is -2.53. The summed E-state index contributed by atoms with van der Waals surface area (Å²) >= 11 is 5.82. The summed E-state index contributed by atoms with van der Waals surface area (Å²) in [6.07, 6.45) is 0.149. The van der Waals surface area contributed by atoms with Gasteiger partial charge in [0.25, 0.3) is 5.69 Å². The number of sulfonamides is 1. The zero-order chi connectivity index (χ0) is 21.7. The van der Waals surface area contributed by atoms with Crippen molar-refractivity contribution in [1.29, 1.82) is 0 Å². The number of nitrogens with one attached hydrogen (secondary N) is 1. The Balaban J connectivity index is 1.50. The van der Waals surface area contributed by atoms with Gasteiger partial charge in [-0.2, -0.15) is 4.31 Å². The summed E-state index contributed by atoms with van der Waals surface area (Å²) in [5.74, 6) is -0.333. The van der Waals surface area contributed by atoms with Gasteiger partial charge in [-0.15, -0.1) is 0 Å². The minimum atomic E-state index is -3.58. The van der Waals surface area contributed by atoms with Crippen molar-refractivity contribution in [2.75, 3.05) is 38.0 Å². The zero-order valence-electron chi connectivity index (χ0n) is 16.0. The van der Waals surface area contributed by atoms with Gasteiger partial charge in [-0.05, 0) is 30.3 Å². The van der Waals surface area contributed by atoms with E-state index in [9.17, 15) is 23.3 Å². The van der Waals surface area contributed by atoms with E-state index in [1.54, 1.807) is 18.2 Å². The maximum Gasteiger partial charge on any atom is 0.292 e. The van der Waals surface area contributed by atoms with Crippen molar-refractivity contribution in [2.24, 2.45) is 0 Å². The topological polar surface area (TPSA) is 113 Å². The van der Waals surface area contributed by atoms with Crippen molar-refractivity contribution in [3.63, 3.8) is 0 Å². The van der Waals surface area contributed by atoms with Gasteiger partial charge in [-0.1, -0.05) is 23.7 Å². The fraction of sp³-hybridized carbons (Fsp3) is 0.316. The molecule has 2 aromatic carbocycles. The third-order valence-electron chi connectivity index (χ3n) is 4.81. The number of halogens is 1. The van der Waals surface area contributed by atoms with Crippen molar-refractivity contribution in [3.8, 4) is 0 Å². The van der Waals surface area contributed by atoms with Crippen LogP contribution in [0.2, 0.25) is 5.02 Å². The summed E-state index contributed by atoms with van der Waals surface area (Å²) in [6.45, 7) is 2.05. The lowest BCUT2D eigenvalue weighted by Gasteiger charge is -2.33. The molecule has 0 radical (unpaired) electrons. The first-order valence-corrected chi connectivity index (χ1v) is 11.1. The van der Waals surface area contributed by atoms with Crippen LogP contribution in [0.5, 0.6) is 0 Å². The molecule has 1 saturated heterocycles. The van der Waals surface area contributed by atoms with Crippen LogP contribution in [0.1, 0.15) is 6.42 Å². The molecule has 30 heavy (non-hydrogen) atoms. The third-order valence-corrected chi connectivity index (χ3v) is 6.98. The van der Waals surface area contributed by atoms with Crippen LogP contribution in [0.3, 0.4) is 0 Å². The molecule has 1 fully saturated rings. The second-order valence-electron chi connectivity index (χ2n) is 6.77. The minimum Gasteiger partial charge on any atom is -0.320 e. The number of piperazine rings is 1. The highest BCUT2D eigenvalue weighted by Crippen LogP contribution is 2.23. The molecule has 2 aromatic rings. The summed E-state index contributed by atoms with van der Waals surface area (Å²) < 4.78 is 26.8. The first kappa shape index (κ1) is 22.2. The van der Waals surface area contributed by atoms with Crippen molar-refractivity contribution in [3.05, 3.63) is 63.7 Å². The van der Waals surface area contributed by atoms with Gasteiger partial charge >= 0.3 is 0 Å². The Morgan fingerprint density at radius 1 is 1.07 bits per heavy atom. The van der Waals surface area contributed by atoms with Crippen LogP contribution < -0.4 is 5.32 Å². The highest BCUT2D eigenvalue weighted by molar-refractivity contribution is 7.89. The molecular formula is C19H21ClN4O5S. The van der Waals surface area contributed by atoms with E-state index in [0.717, 1.165) is 0 Å². The van der Waals surface area contributed by atoms with E-state index < -0.39 is 14.9 Å². The van der Waals surface area contributed by atoms with Crippen molar-refractivity contribution >= 4 is 38.9 Å². The van der Waals surface area contributed by atoms with E-state index in [0.29, 0.717) is 37.7 Å². The molecule has 0 aliphatic carbocycles. The summed E-state index contributed by atoms with van der Waals surface area (Å²) in [7, 11) is -3.58. The van der Waals surface area contributed by atoms with Crippen LogP contribution in [-0.4, -0.2) is 61.2 Å². The summed E-state index contributed by atoms with van der Waals surface area (Å²) in [5, 5.41) is 14.1. The highest BCUT2D eigenvalue weighted by atomic mass is 35.5. The number of nitro benzene ring substituents is 1. The lowest BCUT2D eigenvalue weighted by atomic mass is 10.2. The molecule has 1 N–H and O–H groups in total. The van der Waals surface area contributed by atoms with E-state index in [-0.39, 0.29) is 28.6 Å². The third kappa shape index (κ3) is 5.33. The average molecular weight is 453 g/mol. The normalized spacial score (nSPS) is 15.6. The smallest absolute Gasteiger partial charge is 0.292 e. The largest absolute Gasteiger partial charge is 0.320 e. The molecular weight excluding hydrogens is 432 g/mol. The molecule has 1 aliphatic heterocycles. The number of hydrogen-bond acceptors (Lipinski definition) is 6. The first-order valence-electron chi connectivity index (χ1n) is 9.29. The number of carbonyl (C=O) groups is 1. The predicted molar refractivity (Wildman–Crippen MR) is 113 cm³/mol. The summed E-state index contributed by atoms with van der Waals surface area (Å²) in [6, 6.07) is 12.0. The molecule has 0 unspecified atom stereocenters. The monoisotopic (exact) mass is 452 g/mol. The van der Waals surface area contributed by atoms with E-state index in [2.05, 4.69) is 5.32 Å². The fourth-order valence-corrected chi connectivity index (χ4v) is 4.71. The summed E-state index contributed by atoms with van der Waals surface area (Å²) in [4.78, 5) is 24.9. The molecule has 3 rings (SSSR count). The maximum absolute atomic E-state index is 12.7. The Morgan fingerprint density at radius 3 is 2.33 bits per heavy atom. The standard InChI is InChI=1S/C19H21ClN4O5S/c20-15-5-7-16(8-6-15)30(28,29)23-13-11-22(12-14-23)10-9-19(25)21-17-3-1-2-4-18(17)24(26)27/h1-8H,9-14H2,(H,21,25). The highest BCUT2D eigenvalue weighted by Gasteiger charge is 2.28. The Labute approximate surface area is 179 Å². The number of benzene rings is 2. The first-order chi connectivity index (χ1) is 14.3. The quantitative estimate of drug-likeness (QED) is 0.510. The number of anilines is 1. The van der Waals surface area contributed by atoms with Gasteiger partial charge in [0.1, 0.15) is 5.69 Å². The lowest BCUT2D eigenvalue weighted by molar-refractivity contribution is -0.383. The van der Waals surface area contributed by atoms with Gasteiger partial charge in [0, 0.05) is 50.2 Å². The second kappa shape index (κ2) is 9.52. The molecule has 0 atom stereocenters. The molecule has 9 nitrogen and oxygen atoms in total. The average Bonchev–Trinajstić information content (AvgIpc) is 2.73. The molecule has 0 spiro atoms. The maximum atomic E-state index is 12.7. The fourth-order valence-electron chi connectivity index (χ4n) is 3.16. The molecule has 1 heterocycles. The molecule has 0 bridgehead atoms. The summed E-state index contributed by atoms with van der Waals surface area (Å²) in [5.41, 5.74) is -0.00162. The SMILES string of the molecule is O=C(CCN1CCN(S(=O)(=O)c2ccc(Cl)cc2)CC1)Nc1ccccc1[N+](=O)[O-]. The molecule has 1 aliphatic rings. The number of nitro groups is 1. The zero-order valence-corrected chi connectivity index (χ0v) is 17.6. The number of para-hydroxylation sites is 2. The van der Waals surface area contributed by atoms with E-state index in [1.165, 1.54) is 34.6 Å². The number of rotatable bonds is 7. The van der Waals surface area contributed by atoms with E-state index >= 15 is 0 Å². The number of carbonyl (C=O) groups excluding carboxylic acids is 1. The van der Waals surface area contributed by atoms with Crippen LogP contribution in [0, 0.1) is 10.1 Å². The van der Waals surface area contributed by atoms with Gasteiger partial charge < -0.3 is 10.2 Å². The lowest BCUT2D eigenvalue weighted by Crippen LogP contribution is -2.49. The van der Waals surface area contributed by atoms with E-state index in [1.807, 2.05) is 4.90 Å².